The molecule has 6 heteroatoms. The van der Waals surface area contributed by atoms with Crippen LogP contribution in [0.2, 0.25) is 0 Å². The summed E-state index contributed by atoms with van der Waals surface area (Å²) in [4.78, 5) is 17.5. The van der Waals surface area contributed by atoms with Gasteiger partial charge in [-0.15, -0.1) is 0 Å². The molecule has 2 aromatic rings. The molecule has 156 valence electrons. The van der Waals surface area contributed by atoms with E-state index in [0.29, 0.717) is 24.3 Å². The zero-order chi connectivity index (χ0) is 20.4. The average molecular weight is 397 g/mol. The largest absolute Gasteiger partial charge is 0.494 e. The molecular formula is C23H32N4O2. The molecule has 4 rings (SSSR count). The van der Waals surface area contributed by atoms with E-state index in [4.69, 9.17) is 4.74 Å². The molecule has 1 saturated carbocycles. The summed E-state index contributed by atoms with van der Waals surface area (Å²) >= 11 is 0. The van der Waals surface area contributed by atoms with Crippen LogP contribution in [0.4, 0.5) is 0 Å². The predicted molar refractivity (Wildman–Crippen MR) is 113 cm³/mol. The lowest BCUT2D eigenvalue weighted by Crippen LogP contribution is -2.33. The molecule has 29 heavy (non-hydrogen) atoms. The second-order valence-electron chi connectivity index (χ2n) is 8.52. The summed E-state index contributed by atoms with van der Waals surface area (Å²) in [5.74, 6) is 0.953. The third-order valence-corrected chi connectivity index (χ3v) is 6.11. The molecule has 1 atom stereocenters. The van der Waals surface area contributed by atoms with Crippen LogP contribution in [-0.4, -0.2) is 57.8 Å². The number of amides is 1. The van der Waals surface area contributed by atoms with Gasteiger partial charge in [0.15, 0.2) is 0 Å². The number of carbonyl (C=O) groups excluding carboxylic acids is 1. The van der Waals surface area contributed by atoms with Gasteiger partial charge in [0.05, 0.1) is 12.3 Å². The van der Waals surface area contributed by atoms with Crippen LogP contribution in [0.25, 0.3) is 0 Å². The molecule has 1 unspecified atom stereocenters. The Morgan fingerprint density at radius 2 is 2.07 bits per heavy atom. The minimum atomic E-state index is 0.0613. The average Bonchev–Trinajstić information content (AvgIpc) is 3.37. The van der Waals surface area contributed by atoms with Crippen molar-refractivity contribution in [1.29, 1.82) is 0 Å². The summed E-state index contributed by atoms with van der Waals surface area (Å²) in [5, 5.41) is 4.33. The molecule has 0 bridgehead atoms. The summed E-state index contributed by atoms with van der Waals surface area (Å²) < 4.78 is 7.73. The van der Waals surface area contributed by atoms with Gasteiger partial charge in [-0.25, -0.2) is 0 Å². The number of nitrogens with zero attached hydrogens (tertiary/aromatic N) is 4. The maximum Gasteiger partial charge on any atom is 0.272 e. The lowest BCUT2D eigenvalue weighted by Gasteiger charge is -2.23. The fourth-order valence-electron chi connectivity index (χ4n) is 4.30. The standard InChI is InChI=1S/C23H32N4O2/c1-17-14-22(26(3)24-17)23(28)27(20-9-10-20)16-18-6-4-8-21(15-18)29-13-11-19-7-5-12-25(19)2/h4,6,8,14-15,19-20H,5,7,9-13,16H2,1-3H3. The Kier molecular flexibility index (Phi) is 5.90. The zero-order valence-electron chi connectivity index (χ0n) is 17.8. The molecule has 0 N–H and O–H groups in total. The van der Waals surface area contributed by atoms with Crippen LogP contribution in [0.5, 0.6) is 5.75 Å². The van der Waals surface area contributed by atoms with Crippen molar-refractivity contribution in [3.8, 4) is 5.75 Å². The highest BCUT2D eigenvalue weighted by Crippen LogP contribution is 2.30. The minimum absolute atomic E-state index is 0.0613. The number of hydrogen-bond acceptors (Lipinski definition) is 4. The van der Waals surface area contributed by atoms with Crippen LogP contribution in [-0.2, 0) is 13.6 Å². The Labute approximate surface area is 173 Å². The SMILES string of the molecule is Cc1cc(C(=O)N(Cc2cccc(OCCC3CCCN3C)c2)C2CC2)n(C)n1. The molecule has 1 amide bonds. The number of carbonyl (C=O) groups is 1. The van der Waals surface area contributed by atoms with E-state index >= 15 is 0 Å². The Morgan fingerprint density at radius 1 is 1.24 bits per heavy atom. The first-order chi connectivity index (χ1) is 14.0. The zero-order valence-corrected chi connectivity index (χ0v) is 17.8. The van der Waals surface area contributed by atoms with E-state index < -0.39 is 0 Å². The highest BCUT2D eigenvalue weighted by atomic mass is 16.5. The van der Waals surface area contributed by atoms with Gasteiger partial charge in [-0.2, -0.15) is 5.10 Å². The molecule has 1 aromatic heterocycles. The number of rotatable bonds is 8. The monoisotopic (exact) mass is 396 g/mol. The molecule has 1 aromatic carbocycles. The predicted octanol–water partition coefficient (Wildman–Crippen LogP) is 3.40. The molecule has 2 aliphatic rings. The Balaban J connectivity index is 1.39. The van der Waals surface area contributed by atoms with E-state index in [-0.39, 0.29) is 5.91 Å². The van der Waals surface area contributed by atoms with Crippen molar-refractivity contribution in [3.63, 3.8) is 0 Å². The van der Waals surface area contributed by atoms with Crippen molar-refractivity contribution < 1.29 is 9.53 Å². The Morgan fingerprint density at radius 3 is 2.72 bits per heavy atom. The molecular weight excluding hydrogens is 364 g/mol. The Hall–Kier alpha value is -2.34. The van der Waals surface area contributed by atoms with Gasteiger partial charge < -0.3 is 14.5 Å². The summed E-state index contributed by atoms with van der Waals surface area (Å²) in [6.45, 7) is 4.46. The third-order valence-electron chi connectivity index (χ3n) is 6.11. The van der Waals surface area contributed by atoms with Gasteiger partial charge in [0, 0.05) is 25.7 Å². The van der Waals surface area contributed by atoms with Crippen LogP contribution in [0, 0.1) is 6.92 Å². The number of aryl methyl sites for hydroxylation is 2. The highest BCUT2D eigenvalue weighted by Gasteiger charge is 2.34. The maximum absolute atomic E-state index is 13.1. The Bertz CT molecular complexity index is 858. The van der Waals surface area contributed by atoms with Crippen molar-refractivity contribution in [2.24, 2.45) is 7.05 Å². The fourth-order valence-corrected chi connectivity index (χ4v) is 4.30. The second kappa shape index (κ2) is 8.57. The number of hydrogen-bond donors (Lipinski definition) is 0. The normalized spacial score (nSPS) is 19.5. The summed E-state index contributed by atoms with van der Waals surface area (Å²) in [5.41, 5.74) is 2.64. The molecule has 2 fully saturated rings. The van der Waals surface area contributed by atoms with E-state index in [0.717, 1.165) is 42.9 Å². The first-order valence-electron chi connectivity index (χ1n) is 10.7. The van der Waals surface area contributed by atoms with Gasteiger partial charge in [-0.1, -0.05) is 12.1 Å². The van der Waals surface area contributed by atoms with Gasteiger partial charge in [0.2, 0.25) is 0 Å². The van der Waals surface area contributed by atoms with Gasteiger partial charge in [-0.05, 0) is 76.4 Å². The van der Waals surface area contributed by atoms with E-state index in [9.17, 15) is 4.79 Å². The molecule has 0 spiro atoms. The van der Waals surface area contributed by atoms with E-state index in [2.05, 4.69) is 29.2 Å². The van der Waals surface area contributed by atoms with E-state index in [1.807, 2.05) is 37.1 Å². The van der Waals surface area contributed by atoms with Crippen molar-refractivity contribution in [2.45, 2.75) is 57.7 Å². The maximum atomic E-state index is 13.1. The van der Waals surface area contributed by atoms with Crippen molar-refractivity contribution in [3.05, 3.63) is 47.3 Å². The first-order valence-corrected chi connectivity index (χ1v) is 10.7. The van der Waals surface area contributed by atoms with E-state index in [1.165, 1.54) is 19.4 Å². The lowest BCUT2D eigenvalue weighted by molar-refractivity contribution is 0.0718. The number of aromatic nitrogens is 2. The third kappa shape index (κ3) is 4.81. The van der Waals surface area contributed by atoms with Crippen molar-refractivity contribution in [1.82, 2.24) is 19.6 Å². The topological polar surface area (TPSA) is 50.6 Å². The van der Waals surface area contributed by atoms with Crippen LogP contribution < -0.4 is 4.74 Å². The molecule has 1 aliphatic heterocycles. The molecule has 2 heterocycles. The quantitative estimate of drug-likeness (QED) is 0.686. The molecule has 0 radical (unpaired) electrons. The lowest BCUT2D eigenvalue weighted by atomic mass is 10.1. The van der Waals surface area contributed by atoms with Crippen LogP contribution in [0.15, 0.2) is 30.3 Å². The summed E-state index contributed by atoms with van der Waals surface area (Å²) in [6, 6.07) is 11.0. The number of ether oxygens (including phenoxy) is 1. The van der Waals surface area contributed by atoms with Gasteiger partial charge in [-0.3, -0.25) is 9.48 Å². The van der Waals surface area contributed by atoms with Crippen molar-refractivity contribution in [2.75, 3.05) is 20.2 Å². The van der Waals surface area contributed by atoms with Gasteiger partial charge in [0.25, 0.3) is 5.91 Å². The first kappa shape index (κ1) is 20.0. The van der Waals surface area contributed by atoms with Crippen LogP contribution in [0.3, 0.4) is 0 Å². The van der Waals surface area contributed by atoms with Crippen LogP contribution >= 0.6 is 0 Å². The highest BCUT2D eigenvalue weighted by molar-refractivity contribution is 5.93. The smallest absolute Gasteiger partial charge is 0.272 e. The second-order valence-corrected chi connectivity index (χ2v) is 8.52. The van der Waals surface area contributed by atoms with Crippen LogP contribution in [0.1, 0.15) is 53.8 Å². The summed E-state index contributed by atoms with van der Waals surface area (Å²) in [7, 11) is 4.03. The van der Waals surface area contributed by atoms with E-state index in [1.54, 1.807) is 4.68 Å². The van der Waals surface area contributed by atoms with Gasteiger partial charge in [0.1, 0.15) is 11.4 Å². The molecule has 6 nitrogen and oxygen atoms in total. The molecule has 1 saturated heterocycles. The molecule has 1 aliphatic carbocycles. The fraction of sp³-hybridized carbons (Fsp3) is 0.565. The van der Waals surface area contributed by atoms with Crippen molar-refractivity contribution >= 4 is 5.91 Å². The minimum Gasteiger partial charge on any atom is -0.494 e. The summed E-state index contributed by atoms with van der Waals surface area (Å²) in [6.07, 6.45) is 5.78. The van der Waals surface area contributed by atoms with Gasteiger partial charge >= 0.3 is 0 Å². The number of likely N-dealkylation sites (tertiary alicyclic amines) is 1. The number of benzene rings is 1.